The Labute approximate surface area is 213 Å². The van der Waals surface area contributed by atoms with Crippen LogP contribution in [0, 0.1) is 5.92 Å². The number of halogens is 3. The Morgan fingerprint density at radius 3 is 2.38 bits per heavy atom. The molecule has 0 N–H and O–H groups in total. The standard InChI is InChI=1S/C29H27F3N2O3/c1-21-16-17-33(19-21)28(36)20-34(27(35)15-10-22-6-3-2-4-7-22)25-13-11-23(12-14-25)24-8-5-9-26(18-24)37-29(30,31)32/h2-15,18,21H,16-17,19-20H2,1H3/b15-10+/t21-/m0/s1. The molecule has 3 aromatic carbocycles. The molecule has 0 radical (unpaired) electrons. The zero-order valence-corrected chi connectivity index (χ0v) is 20.3. The topological polar surface area (TPSA) is 49.9 Å². The van der Waals surface area contributed by atoms with Gasteiger partial charge in [-0.2, -0.15) is 0 Å². The third kappa shape index (κ3) is 7.22. The fraction of sp³-hybridized carbons (Fsp3) is 0.241. The van der Waals surface area contributed by atoms with Gasteiger partial charge < -0.3 is 9.64 Å². The summed E-state index contributed by atoms with van der Waals surface area (Å²) in [5.74, 6) is -0.380. The van der Waals surface area contributed by atoms with E-state index in [2.05, 4.69) is 11.7 Å². The molecule has 0 unspecified atom stereocenters. The van der Waals surface area contributed by atoms with Crippen LogP contribution in [0.4, 0.5) is 18.9 Å². The van der Waals surface area contributed by atoms with Gasteiger partial charge in [-0.1, -0.05) is 61.5 Å². The average molecular weight is 509 g/mol. The first-order valence-electron chi connectivity index (χ1n) is 12.0. The fourth-order valence-corrected chi connectivity index (χ4v) is 4.22. The molecule has 1 aliphatic heterocycles. The summed E-state index contributed by atoms with van der Waals surface area (Å²) in [6.45, 7) is 3.30. The van der Waals surface area contributed by atoms with Crippen LogP contribution >= 0.6 is 0 Å². The number of hydrogen-bond acceptors (Lipinski definition) is 3. The van der Waals surface area contributed by atoms with E-state index in [-0.39, 0.29) is 24.1 Å². The van der Waals surface area contributed by atoms with Crippen LogP contribution in [0.15, 0.2) is 84.9 Å². The molecule has 0 saturated carbocycles. The SMILES string of the molecule is C[C@H]1CCN(C(=O)CN(C(=O)/C=C/c2ccccc2)c2ccc(-c3cccc(OC(F)(F)F)c3)cc2)C1. The summed E-state index contributed by atoms with van der Waals surface area (Å²) in [4.78, 5) is 29.4. The van der Waals surface area contributed by atoms with Gasteiger partial charge >= 0.3 is 6.36 Å². The molecule has 8 heteroatoms. The molecule has 4 rings (SSSR count). The first-order chi connectivity index (χ1) is 17.7. The van der Waals surface area contributed by atoms with Crippen molar-refractivity contribution in [1.29, 1.82) is 0 Å². The van der Waals surface area contributed by atoms with Crippen molar-refractivity contribution in [3.63, 3.8) is 0 Å². The number of amides is 2. The van der Waals surface area contributed by atoms with Crippen LogP contribution in [0.5, 0.6) is 5.75 Å². The van der Waals surface area contributed by atoms with E-state index in [1.807, 2.05) is 30.3 Å². The quantitative estimate of drug-likeness (QED) is 0.359. The van der Waals surface area contributed by atoms with Crippen LogP contribution in [0.1, 0.15) is 18.9 Å². The first-order valence-corrected chi connectivity index (χ1v) is 12.0. The summed E-state index contributed by atoms with van der Waals surface area (Å²) >= 11 is 0. The lowest BCUT2D eigenvalue weighted by Gasteiger charge is -2.24. The van der Waals surface area contributed by atoms with E-state index >= 15 is 0 Å². The lowest BCUT2D eigenvalue weighted by Crippen LogP contribution is -2.41. The minimum atomic E-state index is -4.78. The average Bonchev–Trinajstić information content (AvgIpc) is 3.32. The maximum atomic E-state index is 13.2. The second-order valence-electron chi connectivity index (χ2n) is 9.02. The molecule has 0 aliphatic carbocycles. The first kappa shape index (κ1) is 26.0. The van der Waals surface area contributed by atoms with Gasteiger partial charge in [0.2, 0.25) is 5.91 Å². The summed E-state index contributed by atoms with van der Waals surface area (Å²) < 4.78 is 41.8. The van der Waals surface area contributed by atoms with Gasteiger partial charge in [-0.05, 0) is 59.4 Å². The Morgan fingerprint density at radius 2 is 1.73 bits per heavy atom. The van der Waals surface area contributed by atoms with Gasteiger partial charge in [-0.15, -0.1) is 13.2 Å². The maximum absolute atomic E-state index is 13.2. The fourth-order valence-electron chi connectivity index (χ4n) is 4.22. The Morgan fingerprint density at radius 1 is 1.00 bits per heavy atom. The number of hydrogen-bond donors (Lipinski definition) is 0. The molecule has 1 aliphatic rings. The van der Waals surface area contributed by atoms with Crippen LogP contribution in [0.3, 0.4) is 0 Å². The van der Waals surface area contributed by atoms with E-state index in [1.165, 1.54) is 29.2 Å². The number of alkyl halides is 3. The zero-order valence-electron chi connectivity index (χ0n) is 20.3. The van der Waals surface area contributed by atoms with Gasteiger partial charge in [0.25, 0.3) is 5.91 Å². The highest BCUT2D eigenvalue weighted by molar-refractivity contribution is 6.06. The summed E-state index contributed by atoms with van der Waals surface area (Å²) in [6.07, 6.45) is -0.727. The molecule has 192 valence electrons. The lowest BCUT2D eigenvalue weighted by molar-refractivity contribution is -0.274. The molecule has 5 nitrogen and oxygen atoms in total. The number of rotatable bonds is 7. The Kier molecular flexibility index (Phi) is 7.96. The van der Waals surface area contributed by atoms with Gasteiger partial charge in [-0.3, -0.25) is 14.5 Å². The van der Waals surface area contributed by atoms with Crippen molar-refractivity contribution < 1.29 is 27.5 Å². The highest BCUT2D eigenvalue weighted by atomic mass is 19.4. The van der Waals surface area contributed by atoms with E-state index in [9.17, 15) is 22.8 Å². The molecule has 1 heterocycles. The van der Waals surface area contributed by atoms with E-state index in [0.29, 0.717) is 35.8 Å². The highest BCUT2D eigenvalue weighted by Crippen LogP contribution is 2.29. The Balaban J connectivity index is 1.57. The number of carbonyl (C=O) groups is 2. The van der Waals surface area contributed by atoms with Crippen molar-refractivity contribution in [1.82, 2.24) is 4.90 Å². The van der Waals surface area contributed by atoms with Crippen LogP contribution in [-0.2, 0) is 9.59 Å². The third-order valence-electron chi connectivity index (χ3n) is 6.13. The van der Waals surface area contributed by atoms with Crippen molar-refractivity contribution >= 4 is 23.6 Å². The molecule has 37 heavy (non-hydrogen) atoms. The number of carbonyl (C=O) groups excluding carboxylic acids is 2. The minimum absolute atomic E-state index is 0.112. The number of ether oxygens (including phenoxy) is 1. The van der Waals surface area contributed by atoms with Gasteiger partial charge in [-0.25, -0.2) is 0 Å². The van der Waals surface area contributed by atoms with E-state index < -0.39 is 6.36 Å². The molecule has 0 aromatic heterocycles. The molecular formula is C29H27F3N2O3. The van der Waals surface area contributed by atoms with E-state index in [4.69, 9.17) is 0 Å². The summed E-state index contributed by atoms with van der Waals surface area (Å²) in [7, 11) is 0. The summed E-state index contributed by atoms with van der Waals surface area (Å²) in [5, 5.41) is 0. The zero-order chi connectivity index (χ0) is 26.4. The predicted molar refractivity (Wildman–Crippen MR) is 137 cm³/mol. The van der Waals surface area contributed by atoms with Crippen LogP contribution in [0.25, 0.3) is 17.2 Å². The van der Waals surface area contributed by atoms with Crippen LogP contribution < -0.4 is 9.64 Å². The molecular weight excluding hydrogens is 481 g/mol. The summed E-state index contributed by atoms with van der Waals surface area (Å²) in [5.41, 5.74) is 2.53. The minimum Gasteiger partial charge on any atom is -0.406 e. The second-order valence-corrected chi connectivity index (χ2v) is 9.02. The van der Waals surface area contributed by atoms with Crippen molar-refractivity contribution in [2.75, 3.05) is 24.5 Å². The molecule has 1 atom stereocenters. The molecule has 0 spiro atoms. The molecule has 0 bridgehead atoms. The normalized spacial score (nSPS) is 15.7. The molecule has 1 fully saturated rings. The Bertz CT molecular complexity index is 1260. The van der Waals surface area contributed by atoms with Crippen molar-refractivity contribution in [3.05, 3.63) is 90.5 Å². The maximum Gasteiger partial charge on any atom is 0.573 e. The van der Waals surface area contributed by atoms with Crippen molar-refractivity contribution in [3.8, 4) is 16.9 Å². The Hall–Kier alpha value is -4.07. The van der Waals surface area contributed by atoms with Crippen molar-refractivity contribution in [2.45, 2.75) is 19.7 Å². The number of benzene rings is 3. The second kappa shape index (κ2) is 11.3. The number of nitrogens with zero attached hydrogens (tertiary/aromatic N) is 2. The van der Waals surface area contributed by atoms with Crippen LogP contribution in [0.2, 0.25) is 0 Å². The largest absolute Gasteiger partial charge is 0.573 e. The van der Waals surface area contributed by atoms with E-state index in [0.717, 1.165) is 12.0 Å². The molecule has 3 aromatic rings. The third-order valence-corrected chi connectivity index (χ3v) is 6.13. The van der Waals surface area contributed by atoms with Gasteiger partial charge in [0.05, 0.1) is 0 Å². The van der Waals surface area contributed by atoms with Crippen LogP contribution in [-0.4, -0.2) is 42.7 Å². The summed E-state index contributed by atoms with van der Waals surface area (Å²) in [6, 6.07) is 21.8. The van der Waals surface area contributed by atoms with Gasteiger partial charge in [0, 0.05) is 24.9 Å². The monoisotopic (exact) mass is 508 g/mol. The lowest BCUT2D eigenvalue weighted by atomic mass is 10.0. The highest BCUT2D eigenvalue weighted by Gasteiger charge is 2.31. The van der Waals surface area contributed by atoms with E-state index in [1.54, 1.807) is 41.3 Å². The predicted octanol–water partition coefficient (Wildman–Crippen LogP) is 6.17. The van der Waals surface area contributed by atoms with Crippen molar-refractivity contribution in [2.24, 2.45) is 5.92 Å². The molecule has 1 saturated heterocycles. The van der Waals surface area contributed by atoms with Gasteiger partial charge in [0.15, 0.2) is 0 Å². The van der Waals surface area contributed by atoms with Gasteiger partial charge in [0.1, 0.15) is 12.3 Å². The number of anilines is 1. The molecule has 2 amide bonds. The smallest absolute Gasteiger partial charge is 0.406 e. The number of likely N-dealkylation sites (tertiary alicyclic amines) is 1.